The average molecular weight is 411 g/mol. The molecule has 0 aliphatic carbocycles. The van der Waals surface area contributed by atoms with Crippen LogP contribution in [0.5, 0.6) is 0 Å². The highest BCUT2D eigenvalue weighted by Gasteiger charge is 2.13. The SMILES string of the molecule is CCCCCCCCCCCCOC(=O)C(C)CCCCCCCCCCCC. The highest BCUT2D eigenvalue weighted by atomic mass is 16.5. The molecule has 0 bridgehead atoms. The van der Waals surface area contributed by atoms with Gasteiger partial charge in [0.2, 0.25) is 0 Å². The van der Waals surface area contributed by atoms with E-state index < -0.39 is 0 Å². The maximum atomic E-state index is 12.1. The predicted octanol–water partition coefficient (Wildman–Crippen LogP) is 9.40. The summed E-state index contributed by atoms with van der Waals surface area (Å²) in [7, 11) is 0. The molecule has 2 nitrogen and oxygen atoms in total. The Balaban J connectivity index is 3.31. The number of rotatable bonds is 23. The summed E-state index contributed by atoms with van der Waals surface area (Å²) < 4.78 is 5.48. The van der Waals surface area contributed by atoms with Gasteiger partial charge in [0, 0.05) is 0 Å². The van der Waals surface area contributed by atoms with Gasteiger partial charge in [0.1, 0.15) is 0 Å². The molecule has 0 amide bonds. The fraction of sp³-hybridized carbons (Fsp3) is 0.963. The van der Waals surface area contributed by atoms with E-state index in [9.17, 15) is 4.79 Å². The van der Waals surface area contributed by atoms with Gasteiger partial charge in [0.05, 0.1) is 12.5 Å². The van der Waals surface area contributed by atoms with Crippen molar-refractivity contribution in [3.63, 3.8) is 0 Å². The van der Waals surface area contributed by atoms with Gasteiger partial charge in [-0.2, -0.15) is 0 Å². The van der Waals surface area contributed by atoms with Gasteiger partial charge in [-0.1, -0.05) is 143 Å². The van der Waals surface area contributed by atoms with Crippen LogP contribution in [0.25, 0.3) is 0 Å². The molecule has 0 aliphatic heterocycles. The van der Waals surface area contributed by atoms with E-state index in [1.165, 1.54) is 122 Å². The van der Waals surface area contributed by atoms with Crippen LogP contribution in [0.4, 0.5) is 0 Å². The van der Waals surface area contributed by atoms with Crippen molar-refractivity contribution in [1.82, 2.24) is 0 Å². The summed E-state index contributed by atoms with van der Waals surface area (Å²) >= 11 is 0. The predicted molar refractivity (Wildman–Crippen MR) is 128 cm³/mol. The molecule has 0 heterocycles. The summed E-state index contributed by atoms with van der Waals surface area (Å²) in [6.07, 6.45) is 27.6. The third-order valence-electron chi connectivity index (χ3n) is 6.14. The summed E-state index contributed by atoms with van der Waals surface area (Å²) in [5.41, 5.74) is 0. The van der Waals surface area contributed by atoms with Gasteiger partial charge in [-0.05, 0) is 12.8 Å². The molecule has 2 heteroatoms. The van der Waals surface area contributed by atoms with Gasteiger partial charge in [-0.15, -0.1) is 0 Å². The summed E-state index contributed by atoms with van der Waals surface area (Å²) in [6.45, 7) is 7.20. The van der Waals surface area contributed by atoms with Gasteiger partial charge in [-0.3, -0.25) is 4.79 Å². The van der Waals surface area contributed by atoms with Crippen LogP contribution in [0.2, 0.25) is 0 Å². The van der Waals surface area contributed by atoms with Crippen LogP contribution in [-0.2, 0) is 9.53 Å². The van der Waals surface area contributed by atoms with E-state index in [1.54, 1.807) is 0 Å². The van der Waals surface area contributed by atoms with E-state index in [-0.39, 0.29) is 11.9 Å². The van der Waals surface area contributed by atoms with Gasteiger partial charge in [0.15, 0.2) is 0 Å². The van der Waals surface area contributed by atoms with Gasteiger partial charge in [0.25, 0.3) is 0 Å². The van der Waals surface area contributed by atoms with Crippen LogP contribution in [-0.4, -0.2) is 12.6 Å². The van der Waals surface area contributed by atoms with Crippen molar-refractivity contribution in [2.24, 2.45) is 5.92 Å². The second-order valence-electron chi connectivity index (χ2n) is 9.22. The molecule has 1 atom stereocenters. The highest BCUT2D eigenvalue weighted by molar-refractivity contribution is 5.71. The maximum Gasteiger partial charge on any atom is 0.308 e. The lowest BCUT2D eigenvalue weighted by Gasteiger charge is -2.11. The van der Waals surface area contributed by atoms with Crippen LogP contribution < -0.4 is 0 Å². The maximum absolute atomic E-state index is 12.1. The van der Waals surface area contributed by atoms with Gasteiger partial charge >= 0.3 is 5.97 Å². The van der Waals surface area contributed by atoms with E-state index >= 15 is 0 Å². The summed E-state index contributed by atoms with van der Waals surface area (Å²) in [5, 5.41) is 0. The Hall–Kier alpha value is -0.530. The van der Waals surface area contributed by atoms with Crippen LogP contribution in [0.15, 0.2) is 0 Å². The summed E-state index contributed by atoms with van der Waals surface area (Å²) in [6, 6.07) is 0. The molecule has 29 heavy (non-hydrogen) atoms. The molecule has 0 aromatic carbocycles. The average Bonchev–Trinajstić information content (AvgIpc) is 2.73. The second kappa shape index (κ2) is 23.7. The minimum atomic E-state index is 0.0249. The van der Waals surface area contributed by atoms with Crippen LogP contribution >= 0.6 is 0 Å². The zero-order valence-corrected chi connectivity index (χ0v) is 20.5. The molecule has 0 fully saturated rings. The van der Waals surface area contributed by atoms with Crippen molar-refractivity contribution in [2.45, 2.75) is 156 Å². The molecule has 0 N–H and O–H groups in total. The normalized spacial score (nSPS) is 12.2. The fourth-order valence-corrected chi connectivity index (χ4v) is 3.96. The van der Waals surface area contributed by atoms with E-state index in [4.69, 9.17) is 4.74 Å². The van der Waals surface area contributed by atoms with Crippen molar-refractivity contribution in [3.8, 4) is 0 Å². The van der Waals surface area contributed by atoms with Crippen LogP contribution in [0.1, 0.15) is 156 Å². The Morgan fingerprint density at radius 3 is 1.31 bits per heavy atom. The second-order valence-corrected chi connectivity index (χ2v) is 9.22. The Labute approximate surface area is 184 Å². The van der Waals surface area contributed by atoms with Gasteiger partial charge in [-0.25, -0.2) is 0 Å². The minimum absolute atomic E-state index is 0.0249. The lowest BCUT2D eigenvalue weighted by Crippen LogP contribution is -2.15. The number of esters is 1. The monoisotopic (exact) mass is 410 g/mol. The van der Waals surface area contributed by atoms with E-state index in [0.717, 1.165) is 12.8 Å². The molecule has 0 rings (SSSR count). The molecule has 0 aromatic rings. The van der Waals surface area contributed by atoms with Crippen LogP contribution in [0, 0.1) is 5.92 Å². The first-order valence-electron chi connectivity index (χ1n) is 13.4. The Morgan fingerprint density at radius 1 is 0.552 bits per heavy atom. The fourth-order valence-electron chi connectivity index (χ4n) is 3.96. The smallest absolute Gasteiger partial charge is 0.308 e. The number of hydrogen-bond acceptors (Lipinski definition) is 2. The summed E-state index contributed by atoms with van der Waals surface area (Å²) in [4.78, 5) is 12.1. The zero-order valence-electron chi connectivity index (χ0n) is 20.5. The first kappa shape index (κ1) is 28.5. The zero-order chi connectivity index (χ0) is 21.4. The Morgan fingerprint density at radius 2 is 0.897 bits per heavy atom. The number of carbonyl (C=O) groups excluding carboxylic acids is 1. The minimum Gasteiger partial charge on any atom is -0.465 e. The molecular formula is C27H54O2. The largest absolute Gasteiger partial charge is 0.465 e. The number of ether oxygens (including phenoxy) is 1. The quantitative estimate of drug-likeness (QED) is 0.124. The topological polar surface area (TPSA) is 26.3 Å². The Bertz CT molecular complexity index is 326. The van der Waals surface area contributed by atoms with Crippen molar-refractivity contribution in [3.05, 3.63) is 0 Å². The van der Waals surface area contributed by atoms with Crippen molar-refractivity contribution in [1.29, 1.82) is 0 Å². The molecule has 0 radical (unpaired) electrons. The lowest BCUT2D eigenvalue weighted by atomic mass is 10.0. The molecule has 0 saturated heterocycles. The lowest BCUT2D eigenvalue weighted by molar-refractivity contribution is -0.148. The standard InChI is InChI=1S/C27H54O2/c1-4-6-8-10-12-14-16-18-20-22-24-26(3)27(28)29-25-23-21-19-17-15-13-11-9-7-5-2/h26H,4-25H2,1-3H3. The first-order valence-corrected chi connectivity index (χ1v) is 13.4. The highest BCUT2D eigenvalue weighted by Crippen LogP contribution is 2.15. The summed E-state index contributed by atoms with van der Waals surface area (Å²) in [5.74, 6) is 0.101. The van der Waals surface area contributed by atoms with Gasteiger partial charge < -0.3 is 4.74 Å². The Kier molecular flexibility index (Phi) is 23.3. The number of carbonyl (C=O) groups is 1. The van der Waals surface area contributed by atoms with Crippen LogP contribution in [0.3, 0.4) is 0 Å². The van der Waals surface area contributed by atoms with E-state index in [1.807, 2.05) is 6.92 Å². The molecule has 0 saturated carbocycles. The van der Waals surface area contributed by atoms with Crippen molar-refractivity contribution < 1.29 is 9.53 Å². The third-order valence-corrected chi connectivity index (χ3v) is 6.14. The van der Waals surface area contributed by atoms with E-state index in [0.29, 0.717) is 6.61 Å². The first-order chi connectivity index (χ1) is 14.2. The molecule has 0 aromatic heterocycles. The number of hydrogen-bond donors (Lipinski definition) is 0. The van der Waals surface area contributed by atoms with Crippen molar-refractivity contribution in [2.75, 3.05) is 6.61 Å². The molecular weight excluding hydrogens is 356 g/mol. The molecule has 174 valence electrons. The van der Waals surface area contributed by atoms with Crippen molar-refractivity contribution >= 4 is 5.97 Å². The molecule has 0 aliphatic rings. The third kappa shape index (κ3) is 22.0. The molecule has 1 unspecified atom stereocenters. The van der Waals surface area contributed by atoms with E-state index in [2.05, 4.69) is 13.8 Å². The molecule has 0 spiro atoms. The number of unbranched alkanes of at least 4 members (excludes halogenated alkanes) is 18.